The predicted molar refractivity (Wildman–Crippen MR) is 113 cm³/mol. The number of nitro benzene ring substituents is 1. The highest BCUT2D eigenvalue weighted by atomic mass is 32.2. The Hall–Kier alpha value is -3.33. The molecule has 1 N–H and O–H groups in total. The highest BCUT2D eigenvalue weighted by Gasteiger charge is 2.21. The summed E-state index contributed by atoms with van der Waals surface area (Å²) < 4.78 is 0. The first-order chi connectivity index (χ1) is 14.3. The Morgan fingerprint density at radius 3 is 2.37 bits per heavy atom. The number of benzene rings is 2. The molecule has 2 amide bonds. The number of aromatic hydroxyl groups is 1. The smallest absolute Gasteiger partial charge is 0.283 e. The number of hydrogen-bond donors (Lipinski definition) is 1. The standard InChI is InChI=1S/C21H21N3O5S/c1-15(25)22-10-12-23(13-11-22)21(27)9-7-16-6-8-19(17(14-16)24(28)29)30-20-5-3-2-4-18(20)26/h2-9,14,26H,10-13H2,1H3/b9-7+. The van der Waals surface area contributed by atoms with Crippen LogP contribution < -0.4 is 0 Å². The number of phenolic OH excluding ortho intramolecular Hbond substituents is 1. The summed E-state index contributed by atoms with van der Waals surface area (Å²) in [6.45, 7) is 3.42. The summed E-state index contributed by atoms with van der Waals surface area (Å²) in [4.78, 5) is 39.0. The molecule has 0 saturated carbocycles. The number of rotatable bonds is 5. The molecule has 2 aromatic carbocycles. The lowest BCUT2D eigenvalue weighted by molar-refractivity contribution is -0.387. The number of para-hydroxylation sites is 1. The fourth-order valence-corrected chi connectivity index (χ4v) is 3.97. The normalized spacial score (nSPS) is 14.2. The summed E-state index contributed by atoms with van der Waals surface area (Å²) in [5, 5.41) is 21.4. The maximum atomic E-state index is 12.4. The molecule has 0 atom stereocenters. The average molecular weight is 427 g/mol. The maximum Gasteiger partial charge on any atom is 0.283 e. The van der Waals surface area contributed by atoms with Crippen LogP contribution in [0, 0.1) is 10.1 Å². The molecule has 156 valence electrons. The molecule has 1 aliphatic heterocycles. The van der Waals surface area contributed by atoms with E-state index in [0.29, 0.717) is 41.5 Å². The molecule has 0 aromatic heterocycles. The molecule has 1 aliphatic rings. The van der Waals surface area contributed by atoms with Crippen molar-refractivity contribution in [2.45, 2.75) is 16.7 Å². The zero-order valence-electron chi connectivity index (χ0n) is 16.4. The minimum atomic E-state index is -0.484. The zero-order valence-corrected chi connectivity index (χ0v) is 17.2. The van der Waals surface area contributed by atoms with Crippen LogP contribution in [0.2, 0.25) is 0 Å². The van der Waals surface area contributed by atoms with Crippen LogP contribution in [0.4, 0.5) is 5.69 Å². The van der Waals surface area contributed by atoms with Gasteiger partial charge in [0.05, 0.1) is 14.7 Å². The van der Waals surface area contributed by atoms with Crippen molar-refractivity contribution in [3.63, 3.8) is 0 Å². The zero-order chi connectivity index (χ0) is 21.7. The van der Waals surface area contributed by atoms with Gasteiger partial charge in [0.15, 0.2) is 0 Å². The molecule has 1 heterocycles. The van der Waals surface area contributed by atoms with Crippen molar-refractivity contribution in [2.75, 3.05) is 26.2 Å². The molecule has 0 unspecified atom stereocenters. The van der Waals surface area contributed by atoms with Gasteiger partial charge in [-0.15, -0.1) is 0 Å². The van der Waals surface area contributed by atoms with Crippen LogP contribution in [0.15, 0.2) is 58.3 Å². The van der Waals surface area contributed by atoms with Crippen LogP contribution in [0.25, 0.3) is 6.08 Å². The molecular formula is C21H21N3O5S. The third-order valence-corrected chi connectivity index (χ3v) is 5.85. The van der Waals surface area contributed by atoms with E-state index in [-0.39, 0.29) is 23.3 Å². The summed E-state index contributed by atoms with van der Waals surface area (Å²) in [5.41, 5.74) is 0.423. The molecule has 30 heavy (non-hydrogen) atoms. The number of hydrogen-bond acceptors (Lipinski definition) is 6. The van der Waals surface area contributed by atoms with Crippen molar-refractivity contribution in [1.29, 1.82) is 0 Å². The Bertz CT molecular complexity index is 1000. The van der Waals surface area contributed by atoms with Gasteiger partial charge in [-0.05, 0) is 29.8 Å². The second kappa shape index (κ2) is 9.45. The Labute approximate surface area is 177 Å². The molecule has 1 saturated heterocycles. The molecule has 3 rings (SSSR count). The highest BCUT2D eigenvalue weighted by Crippen LogP contribution is 2.39. The van der Waals surface area contributed by atoms with Crippen molar-refractivity contribution in [2.24, 2.45) is 0 Å². The van der Waals surface area contributed by atoms with Gasteiger partial charge in [-0.2, -0.15) is 0 Å². The van der Waals surface area contributed by atoms with Gasteiger partial charge in [-0.1, -0.05) is 30.0 Å². The predicted octanol–water partition coefficient (Wildman–Crippen LogP) is 3.16. The fourth-order valence-electron chi connectivity index (χ4n) is 3.04. The second-order valence-electron chi connectivity index (χ2n) is 6.72. The second-order valence-corrected chi connectivity index (χ2v) is 7.80. The summed E-state index contributed by atoms with van der Waals surface area (Å²) in [5.74, 6) is -0.156. The first-order valence-electron chi connectivity index (χ1n) is 9.32. The van der Waals surface area contributed by atoms with Crippen LogP contribution in [0.1, 0.15) is 12.5 Å². The Balaban J connectivity index is 1.71. The number of amides is 2. The summed E-state index contributed by atoms with van der Waals surface area (Å²) >= 11 is 1.10. The van der Waals surface area contributed by atoms with E-state index < -0.39 is 4.92 Å². The topological polar surface area (TPSA) is 104 Å². The molecule has 0 aliphatic carbocycles. The minimum absolute atomic E-state index is 0.00766. The van der Waals surface area contributed by atoms with Crippen LogP contribution >= 0.6 is 11.8 Å². The molecule has 2 aromatic rings. The van der Waals surface area contributed by atoms with E-state index in [1.54, 1.807) is 46.2 Å². The number of carbonyl (C=O) groups is 2. The molecular weight excluding hydrogens is 406 g/mol. The third-order valence-electron chi connectivity index (χ3n) is 4.72. The lowest BCUT2D eigenvalue weighted by atomic mass is 10.2. The van der Waals surface area contributed by atoms with Gasteiger partial charge in [-0.3, -0.25) is 19.7 Å². The van der Waals surface area contributed by atoms with Gasteiger partial charge in [0.1, 0.15) is 5.75 Å². The van der Waals surface area contributed by atoms with Crippen LogP contribution in [-0.2, 0) is 9.59 Å². The van der Waals surface area contributed by atoms with Crippen LogP contribution in [0.5, 0.6) is 5.75 Å². The minimum Gasteiger partial charge on any atom is -0.507 e. The van der Waals surface area contributed by atoms with Crippen molar-refractivity contribution in [1.82, 2.24) is 9.80 Å². The Morgan fingerprint density at radius 2 is 1.73 bits per heavy atom. The Kier molecular flexibility index (Phi) is 6.73. The number of nitro groups is 1. The number of nitrogens with zero attached hydrogens (tertiary/aromatic N) is 3. The molecule has 9 heteroatoms. The van der Waals surface area contributed by atoms with Crippen molar-refractivity contribution in [3.05, 3.63) is 64.2 Å². The monoisotopic (exact) mass is 427 g/mol. The quantitative estimate of drug-likeness (QED) is 0.447. The van der Waals surface area contributed by atoms with Crippen LogP contribution in [0.3, 0.4) is 0 Å². The van der Waals surface area contributed by atoms with E-state index in [0.717, 1.165) is 11.8 Å². The fraction of sp³-hybridized carbons (Fsp3) is 0.238. The lowest BCUT2D eigenvalue weighted by Gasteiger charge is -2.33. The number of phenols is 1. The summed E-state index contributed by atoms with van der Waals surface area (Å²) in [6.07, 6.45) is 2.93. The van der Waals surface area contributed by atoms with Gasteiger partial charge >= 0.3 is 0 Å². The summed E-state index contributed by atoms with van der Waals surface area (Å²) in [7, 11) is 0. The SMILES string of the molecule is CC(=O)N1CCN(C(=O)/C=C/c2ccc(Sc3ccccc3O)c([N+](=O)[O-])c2)CC1. The maximum absolute atomic E-state index is 12.4. The first kappa shape index (κ1) is 21.4. The number of piperazine rings is 1. The van der Waals surface area contributed by atoms with Gasteiger partial charge in [0.25, 0.3) is 5.69 Å². The van der Waals surface area contributed by atoms with Crippen molar-refractivity contribution in [3.8, 4) is 5.75 Å². The average Bonchev–Trinajstić information content (AvgIpc) is 2.74. The van der Waals surface area contributed by atoms with E-state index in [1.807, 2.05) is 0 Å². The van der Waals surface area contributed by atoms with Crippen molar-refractivity contribution >= 4 is 35.3 Å². The van der Waals surface area contributed by atoms with E-state index in [4.69, 9.17) is 0 Å². The van der Waals surface area contributed by atoms with Gasteiger partial charge in [0, 0.05) is 45.2 Å². The van der Waals surface area contributed by atoms with E-state index in [1.165, 1.54) is 25.1 Å². The molecule has 0 bridgehead atoms. The van der Waals surface area contributed by atoms with E-state index in [2.05, 4.69) is 0 Å². The summed E-state index contributed by atoms with van der Waals surface area (Å²) in [6, 6.07) is 11.3. The number of carbonyl (C=O) groups excluding carboxylic acids is 2. The molecule has 1 fully saturated rings. The lowest BCUT2D eigenvalue weighted by Crippen LogP contribution is -2.49. The van der Waals surface area contributed by atoms with Crippen LogP contribution in [-0.4, -0.2) is 57.8 Å². The third kappa shape index (κ3) is 5.18. The van der Waals surface area contributed by atoms with Gasteiger partial charge in [0.2, 0.25) is 11.8 Å². The Morgan fingerprint density at radius 1 is 1.07 bits per heavy atom. The molecule has 8 nitrogen and oxygen atoms in total. The molecule has 0 radical (unpaired) electrons. The largest absolute Gasteiger partial charge is 0.507 e. The van der Waals surface area contributed by atoms with E-state index in [9.17, 15) is 24.8 Å². The molecule has 0 spiro atoms. The van der Waals surface area contributed by atoms with Crippen molar-refractivity contribution < 1.29 is 19.6 Å². The van der Waals surface area contributed by atoms with E-state index >= 15 is 0 Å². The highest BCUT2D eigenvalue weighted by molar-refractivity contribution is 7.99. The first-order valence-corrected chi connectivity index (χ1v) is 10.1. The van der Waals surface area contributed by atoms with Gasteiger partial charge < -0.3 is 14.9 Å². The van der Waals surface area contributed by atoms with Gasteiger partial charge in [-0.25, -0.2) is 0 Å².